The number of nitrogens with zero attached hydrogens (tertiary/aromatic N) is 1. The molecule has 18 heavy (non-hydrogen) atoms. The lowest BCUT2D eigenvalue weighted by Gasteiger charge is -2.38. The number of fused-ring (bicyclic) bond motifs is 1. The van der Waals surface area contributed by atoms with Gasteiger partial charge in [0.1, 0.15) is 0 Å². The highest BCUT2D eigenvalue weighted by molar-refractivity contribution is 5.57. The van der Waals surface area contributed by atoms with Gasteiger partial charge >= 0.3 is 0 Å². The van der Waals surface area contributed by atoms with Crippen LogP contribution in [0.15, 0.2) is 36.9 Å². The summed E-state index contributed by atoms with van der Waals surface area (Å²) in [7, 11) is 0. The van der Waals surface area contributed by atoms with E-state index in [9.17, 15) is 0 Å². The Labute approximate surface area is 111 Å². The minimum Gasteiger partial charge on any atom is -0.367 e. The van der Waals surface area contributed by atoms with Crippen LogP contribution in [-0.4, -0.2) is 25.7 Å². The number of hydrogen-bond donors (Lipinski definition) is 1. The van der Waals surface area contributed by atoms with Gasteiger partial charge in [0, 0.05) is 31.4 Å². The van der Waals surface area contributed by atoms with Crippen molar-refractivity contribution in [2.75, 3.05) is 24.5 Å². The molecular weight excluding hydrogens is 220 g/mol. The first-order valence-corrected chi connectivity index (χ1v) is 6.91. The molecule has 2 unspecified atom stereocenters. The predicted molar refractivity (Wildman–Crippen MR) is 79.3 cm³/mol. The van der Waals surface area contributed by atoms with Crippen molar-refractivity contribution in [2.45, 2.75) is 32.2 Å². The number of hydrogen-bond acceptors (Lipinski definition) is 2. The summed E-state index contributed by atoms with van der Waals surface area (Å²) in [4.78, 5) is 2.53. The summed E-state index contributed by atoms with van der Waals surface area (Å²) in [6.45, 7) is 11.4. The van der Waals surface area contributed by atoms with Crippen LogP contribution >= 0.6 is 0 Å². The first-order valence-electron chi connectivity index (χ1n) is 6.91. The Bertz CT molecular complexity index is 400. The molecule has 0 spiro atoms. The molecule has 0 amide bonds. The molecule has 2 atom stereocenters. The Hall–Kier alpha value is -1.28. The molecule has 0 radical (unpaired) electrons. The fourth-order valence-electron chi connectivity index (χ4n) is 2.74. The second-order valence-electron chi connectivity index (χ2n) is 5.24. The van der Waals surface area contributed by atoms with Crippen LogP contribution in [0.3, 0.4) is 0 Å². The molecule has 2 nitrogen and oxygen atoms in total. The van der Waals surface area contributed by atoms with Gasteiger partial charge in [-0.15, -0.1) is 6.58 Å². The van der Waals surface area contributed by atoms with Crippen LogP contribution in [0, 0.1) is 0 Å². The van der Waals surface area contributed by atoms with Crippen LogP contribution in [0.4, 0.5) is 5.69 Å². The van der Waals surface area contributed by atoms with Crippen LogP contribution in [0.2, 0.25) is 0 Å². The molecule has 1 N–H and O–H groups in total. The van der Waals surface area contributed by atoms with E-state index >= 15 is 0 Å². The summed E-state index contributed by atoms with van der Waals surface area (Å²) in [6.07, 6.45) is 3.17. The summed E-state index contributed by atoms with van der Waals surface area (Å²) in [6, 6.07) is 9.36. The van der Waals surface area contributed by atoms with Crippen molar-refractivity contribution in [1.82, 2.24) is 5.32 Å². The topological polar surface area (TPSA) is 15.3 Å². The van der Waals surface area contributed by atoms with Crippen molar-refractivity contribution in [3.63, 3.8) is 0 Å². The fourth-order valence-corrected chi connectivity index (χ4v) is 2.74. The standard InChI is InChI=1S/C16H24N2/c1-4-10-17-12-14(3)18-11-9-13(2)15-7-5-6-8-16(15)18/h4-8,13-14,17H,1,9-12H2,2-3H3. The van der Waals surface area contributed by atoms with E-state index in [2.05, 4.69) is 54.9 Å². The Balaban J connectivity index is 2.10. The van der Waals surface area contributed by atoms with Crippen molar-refractivity contribution in [3.05, 3.63) is 42.5 Å². The second kappa shape index (κ2) is 6.05. The van der Waals surface area contributed by atoms with Gasteiger partial charge < -0.3 is 10.2 Å². The highest BCUT2D eigenvalue weighted by atomic mass is 15.2. The zero-order valence-corrected chi connectivity index (χ0v) is 11.5. The third-order valence-electron chi connectivity index (χ3n) is 3.84. The van der Waals surface area contributed by atoms with Crippen LogP contribution in [-0.2, 0) is 0 Å². The molecule has 1 aromatic rings. The molecule has 2 heteroatoms. The molecule has 0 bridgehead atoms. The summed E-state index contributed by atoms with van der Waals surface area (Å²) < 4.78 is 0. The summed E-state index contributed by atoms with van der Waals surface area (Å²) in [5.74, 6) is 0.686. The molecule has 1 aromatic carbocycles. The molecule has 0 saturated heterocycles. The third kappa shape index (κ3) is 2.75. The van der Waals surface area contributed by atoms with Gasteiger partial charge in [-0.05, 0) is 30.9 Å². The number of nitrogens with one attached hydrogen (secondary N) is 1. The van der Waals surface area contributed by atoms with Crippen molar-refractivity contribution >= 4 is 5.69 Å². The zero-order valence-electron chi connectivity index (χ0n) is 11.5. The average Bonchev–Trinajstić information content (AvgIpc) is 2.39. The minimum absolute atomic E-state index is 0.526. The second-order valence-corrected chi connectivity index (χ2v) is 5.24. The Morgan fingerprint density at radius 1 is 1.50 bits per heavy atom. The van der Waals surface area contributed by atoms with Gasteiger partial charge in [-0.1, -0.05) is 31.2 Å². The van der Waals surface area contributed by atoms with Gasteiger partial charge in [-0.3, -0.25) is 0 Å². The van der Waals surface area contributed by atoms with Gasteiger partial charge in [0.2, 0.25) is 0 Å². The number of para-hydroxylation sites is 1. The normalized spacial score (nSPS) is 20.3. The molecule has 98 valence electrons. The molecule has 0 saturated carbocycles. The van der Waals surface area contributed by atoms with Gasteiger partial charge in [-0.2, -0.15) is 0 Å². The first kappa shape index (κ1) is 13.2. The maximum absolute atomic E-state index is 3.74. The Morgan fingerprint density at radius 3 is 3.06 bits per heavy atom. The highest BCUT2D eigenvalue weighted by Gasteiger charge is 2.24. The van der Waals surface area contributed by atoms with Crippen LogP contribution in [0.1, 0.15) is 31.7 Å². The molecule has 1 aliphatic rings. The third-order valence-corrected chi connectivity index (χ3v) is 3.84. The van der Waals surface area contributed by atoms with Crippen molar-refractivity contribution < 1.29 is 0 Å². The van der Waals surface area contributed by atoms with Crippen molar-refractivity contribution in [1.29, 1.82) is 0 Å². The van der Waals surface area contributed by atoms with Gasteiger partial charge in [0.05, 0.1) is 0 Å². The monoisotopic (exact) mass is 244 g/mol. The predicted octanol–water partition coefficient (Wildman–Crippen LogP) is 3.16. The lowest BCUT2D eigenvalue weighted by Crippen LogP contribution is -2.43. The summed E-state index contributed by atoms with van der Waals surface area (Å²) in [5, 5.41) is 3.41. The first-order chi connectivity index (χ1) is 8.74. The van der Waals surface area contributed by atoms with E-state index in [1.807, 2.05) is 6.08 Å². The highest BCUT2D eigenvalue weighted by Crippen LogP contribution is 2.35. The van der Waals surface area contributed by atoms with Crippen molar-refractivity contribution in [3.8, 4) is 0 Å². The van der Waals surface area contributed by atoms with Crippen LogP contribution < -0.4 is 10.2 Å². The van der Waals surface area contributed by atoms with E-state index in [1.165, 1.54) is 17.7 Å². The number of anilines is 1. The lowest BCUT2D eigenvalue weighted by atomic mass is 9.91. The van der Waals surface area contributed by atoms with Crippen molar-refractivity contribution in [2.24, 2.45) is 0 Å². The SMILES string of the molecule is C=CCNCC(C)N1CCC(C)c2ccccc21. The average molecular weight is 244 g/mol. The van der Waals surface area contributed by atoms with Gasteiger partial charge in [0.25, 0.3) is 0 Å². The maximum Gasteiger partial charge on any atom is 0.0404 e. The van der Waals surface area contributed by atoms with E-state index in [0.29, 0.717) is 12.0 Å². The largest absolute Gasteiger partial charge is 0.367 e. The smallest absolute Gasteiger partial charge is 0.0404 e. The number of rotatable bonds is 5. The molecule has 0 aromatic heterocycles. The van der Waals surface area contributed by atoms with E-state index in [1.54, 1.807) is 0 Å². The quantitative estimate of drug-likeness (QED) is 0.632. The summed E-state index contributed by atoms with van der Waals surface area (Å²) in [5.41, 5.74) is 2.92. The fraction of sp³-hybridized carbons (Fsp3) is 0.500. The summed E-state index contributed by atoms with van der Waals surface area (Å²) >= 11 is 0. The molecule has 0 aliphatic carbocycles. The molecule has 0 fully saturated rings. The van der Waals surface area contributed by atoms with Gasteiger partial charge in [0.15, 0.2) is 0 Å². The van der Waals surface area contributed by atoms with Crippen LogP contribution in [0.5, 0.6) is 0 Å². The van der Waals surface area contributed by atoms with E-state index in [-0.39, 0.29) is 0 Å². The molecule has 1 aliphatic heterocycles. The molecule has 2 rings (SSSR count). The Morgan fingerprint density at radius 2 is 2.28 bits per heavy atom. The Kier molecular flexibility index (Phi) is 4.43. The van der Waals surface area contributed by atoms with Crippen LogP contribution in [0.25, 0.3) is 0 Å². The van der Waals surface area contributed by atoms with E-state index in [4.69, 9.17) is 0 Å². The maximum atomic E-state index is 3.74. The molecular formula is C16H24N2. The zero-order chi connectivity index (χ0) is 13.0. The number of benzene rings is 1. The van der Waals surface area contributed by atoms with Gasteiger partial charge in [-0.25, -0.2) is 0 Å². The lowest BCUT2D eigenvalue weighted by molar-refractivity contribution is 0.530. The minimum atomic E-state index is 0.526. The van der Waals surface area contributed by atoms with E-state index in [0.717, 1.165) is 19.6 Å². The molecule has 1 heterocycles. The van der Waals surface area contributed by atoms with E-state index < -0.39 is 0 Å².